The Kier molecular flexibility index (Phi) is 8.27. The average molecular weight is 681 g/mol. The van der Waals surface area contributed by atoms with E-state index in [-0.39, 0.29) is 53.4 Å². The fourth-order valence-corrected chi connectivity index (χ4v) is 11.0. The molecule has 2 aliphatic heterocycles. The summed E-state index contributed by atoms with van der Waals surface area (Å²) < 4.78 is 19.9. The van der Waals surface area contributed by atoms with Crippen molar-refractivity contribution in [3.63, 3.8) is 0 Å². The van der Waals surface area contributed by atoms with Gasteiger partial charge < -0.3 is 29.7 Å². The minimum absolute atomic E-state index is 0.0125. The number of rotatable bonds is 12. The van der Waals surface area contributed by atoms with Crippen LogP contribution in [0.4, 0.5) is 0 Å². The zero-order valence-corrected chi connectivity index (χ0v) is 30.4. The number of piperidine rings is 1. The van der Waals surface area contributed by atoms with Crippen molar-refractivity contribution in [2.75, 3.05) is 20.2 Å². The molecule has 49 heavy (non-hydrogen) atoms. The maximum atomic E-state index is 13.3. The second-order valence-electron chi connectivity index (χ2n) is 17.7. The Labute approximate surface area is 290 Å². The number of carbonyl (C=O) groups excluding carboxylic acids is 2. The number of likely N-dealkylation sites (tertiary alicyclic amines) is 1. The molecule has 1 amide bonds. The summed E-state index contributed by atoms with van der Waals surface area (Å²) in [6, 6.07) is 3.37. The third-order valence-electron chi connectivity index (χ3n) is 14.1. The van der Waals surface area contributed by atoms with E-state index in [1.165, 1.54) is 24.0 Å². The zero-order valence-electron chi connectivity index (χ0n) is 30.4. The molecule has 1 aromatic carbocycles. The fraction of sp³-hybridized carbons (Fsp3) is 0.769. The van der Waals surface area contributed by atoms with Crippen LogP contribution < -0.4 is 14.8 Å². The lowest BCUT2D eigenvalue weighted by Gasteiger charge is -2.75. The molecule has 7 aliphatic rings. The van der Waals surface area contributed by atoms with Gasteiger partial charge in [-0.1, -0.05) is 40.7 Å². The van der Waals surface area contributed by atoms with Crippen molar-refractivity contribution >= 4 is 17.8 Å². The largest absolute Gasteiger partial charge is 0.482 e. The van der Waals surface area contributed by atoms with E-state index in [1.54, 1.807) is 21.0 Å². The van der Waals surface area contributed by atoms with Gasteiger partial charge in [0.05, 0.1) is 5.60 Å². The van der Waals surface area contributed by atoms with E-state index in [4.69, 9.17) is 14.2 Å². The quantitative estimate of drug-likeness (QED) is 0.206. The van der Waals surface area contributed by atoms with Gasteiger partial charge in [-0.25, -0.2) is 4.79 Å². The first-order valence-corrected chi connectivity index (χ1v) is 18.6. The predicted octanol–water partition coefficient (Wildman–Crippen LogP) is 5.01. The number of methoxy groups -OCH3 is 1. The van der Waals surface area contributed by atoms with Gasteiger partial charge in [0.2, 0.25) is 5.91 Å². The molecule has 1 aromatic rings. The van der Waals surface area contributed by atoms with E-state index in [9.17, 15) is 24.6 Å². The van der Waals surface area contributed by atoms with Crippen molar-refractivity contribution in [3.05, 3.63) is 23.3 Å². The van der Waals surface area contributed by atoms with Crippen LogP contribution in [-0.4, -0.2) is 82.5 Å². The molecule has 0 radical (unpaired) electrons. The second-order valence-corrected chi connectivity index (χ2v) is 17.7. The molecule has 5 aliphatic carbocycles. The number of nitrogens with one attached hydrogen (secondary N) is 1. The van der Waals surface area contributed by atoms with E-state index < -0.39 is 35.1 Å². The molecule has 0 unspecified atom stereocenters. The van der Waals surface area contributed by atoms with E-state index in [2.05, 4.69) is 37.1 Å². The monoisotopic (exact) mass is 680 g/mol. The van der Waals surface area contributed by atoms with Crippen molar-refractivity contribution in [2.24, 2.45) is 28.6 Å². The summed E-state index contributed by atoms with van der Waals surface area (Å²) in [5.41, 5.74) is -0.0883. The third-order valence-corrected chi connectivity index (χ3v) is 14.1. The maximum Gasteiger partial charge on any atom is 0.326 e. The molecule has 1 saturated heterocycles. The van der Waals surface area contributed by atoms with Crippen molar-refractivity contribution in [1.82, 2.24) is 10.2 Å². The Morgan fingerprint density at radius 2 is 1.84 bits per heavy atom. The van der Waals surface area contributed by atoms with Gasteiger partial charge in [-0.15, -0.1) is 0 Å². The standard InChI is InChI=1S/C39H56N2O8/c1-22(2)31(33(44)45)40-28(42)9-8-10-29(43)48-25-14-13-24-19-27-37-15-16-39(47-7,26(20-37)36(6,46)35(3,4)5)34-38(37,30(24)32(25)49-34)17-18-41(27)21-23-11-12-23/h13-14,22-23,26-27,31,34,46H,8-12,15-21H2,1-7H3,(H,40,42)(H,44,45)/t26-,27-,31+,34-,36-,37-,38+,39-/m1/s1. The van der Waals surface area contributed by atoms with E-state index in [0.717, 1.165) is 51.1 Å². The van der Waals surface area contributed by atoms with Crippen molar-refractivity contribution in [3.8, 4) is 11.5 Å². The van der Waals surface area contributed by atoms with Crippen LogP contribution in [-0.2, 0) is 31.0 Å². The Hall–Kier alpha value is -2.69. The molecule has 8 atom stereocenters. The number of esters is 1. The van der Waals surface area contributed by atoms with Crippen molar-refractivity contribution < 1.29 is 38.8 Å². The Bertz CT molecular complexity index is 1530. The SMILES string of the molecule is CO[C@]12CC[C@@]3(C[C@@H]1[C@@](C)(O)C(C)(C)C)[C@H]1Cc4ccc(OC(=O)CCCC(=O)N[C@H](C(=O)O)C(C)C)c5c4[C@@]3(CCN1CC1CC1)[C@H]2O5. The summed E-state index contributed by atoms with van der Waals surface area (Å²) in [4.78, 5) is 40.0. The first kappa shape index (κ1) is 34.7. The number of aliphatic hydroxyl groups is 1. The first-order valence-electron chi connectivity index (χ1n) is 18.6. The smallest absolute Gasteiger partial charge is 0.326 e. The molecule has 270 valence electrons. The molecule has 8 rings (SSSR count). The number of hydrogen-bond donors (Lipinski definition) is 3. The van der Waals surface area contributed by atoms with Crippen LogP contribution in [0, 0.1) is 28.6 Å². The fourth-order valence-electron chi connectivity index (χ4n) is 11.0. The van der Waals surface area contributed by atoms with Crippen LogP contribution in [0.3, 0.4) is 0 Å². The second kappa shape index (κ2) is 11.7. The predicted molar refractivity (Wildman–Crippen MR) is 182 cm³/mol. The number of nitrogens with zero attached hydrogens (tertiary/aromatic N) is 1. The Balaban J connectivity index is 1.20. The van der Waals surface area contributed by atoms with Gasteiger partial charge in [0, 0.05) is 54.8 Å². The molecule has 4 bridgehead atoms. The van der Waals surface area contributed by atoms with Crippen LogP contribution >= 0.6 is 0 Å². The molecular weight excluding hydrogens is 624 g/mol. The molecule has 0 aromatic heterocycles. The lowest BCUT2D eigenvalue weighted by molar-refractivity contribution is -0.312. The van der Waals surface area contributed by atoms with Crippen LogP contribution in [0.1, 0.15) is 110 Å². The molecular formula is C39H56N2O8. The zero-order chi connectivity index (χ0) is 35.3. The molecule has 10 nitrogen and oxygen atoms in total. The number of hydrogen-bond acceptors (Lipinski definition) is 8. The molecule has 10 heteroatoms. The van der Waals surface area contributed by atoms with Crippen molar-refractivity contribution in [1.29, 1.82) is 0 Å². The van der Waals surface area contributed by atoms with Crippen LogP contribution in [0.25, 0.3) is 0 Å². The number of carbonyl (C=O) groups is 3. The third kappa shape index (κ3) is 5.01. The van der Waals surface area contributed by atoms with Crippen LogP contribution in [0.5, 0.6) is 11.5 Å². The number of carboxylic acids is 1. The van der Waals surface area contributed by atoms with Gasteiger partial charge in [-0.3, -0.25) is 14.5 Å². The highest BCUT2D eigenvalue weighted by molar-refractivity contribution is 5.84. The van der Waals surface area contributed by atoms with Crippen molar-refractivity contribution in [2.45, 2.75) is 141 Å². The normalized spacial score (nSPS) is 34.5. The van der Waals surface area contributed by atoms with Gasteiger partial charge >= 0.3 is 11.9 Å². The first-order chi connectivity index (χ1) is 23.0. The molecule has 5 fully saturated rings. The number of amides is 1. The topological polar surface area (TPSA) is 135 Å². The number of fused-ring (bicyclic) bond motifs is 2. The van der Waals surface area contributed by atoms with Gasteiger partial charge in [-0.2, -0.15) is 0 Å². The van der Waals surface area contributed by atoms with Crippen LogP contribution in [0.15, 0.2) is 12.1 Å². The summed E-state index contributed by atoms with van der Waals surface area (Å²) in [5, 5.41) is 24.4. The highest BCUT2D eigenvalue weighted by atomic mass is 16.6. The Morgan fingerprint density at radius 1 is 1.10 bits per heavy atom. The molecule has 2 heterocycles. The van der Waals surface area contributed by atoms with E-state index in [0.29, 0.717) is 17.5 Å². The Morgan fingerprint density at radius 3 is 2.47 bits per heavy atom. The summed E-state index contributed by atoms with van der Waals surface area (Å²) in [6.07, 6.45) is 7.10. The van der Waals surface area contributed by atoms with E-state index >= 15 is 0 Å². The highest BCUT2D eigenvalue weighted by Gasteiger charge is 2.82. The lowest BCUT2D eigenvalue weighted by atomic mass is 9.33. The van der Waals surface area contributed by atoms with Gasteiger partial charge in [0.25, 0.3) is 0 Å². The van der Waals surface area contributed by atoms with E-state index in [1.807, 2.05) is 13.0 Å². The summed E-state index contributed by atoms with van der Waals surface area (Å²) in [5.74, 6) is -0.515. The molecule has 2 spiro atoms. The summed E-state index contributed by atoms with van der Waals surface area (Å²) >= 11 is 0. The van der Waals surface area contributed by atoms with Crippen LogP contribution in [0.2, 0.25) is 0 Å². The average Bonchev–Trinajstić information content (AvgIpc) is 3.77. The number of ether oxygens (including phenoxy) is 3. The van der Waals surface area contributed by atoms with Gasteiger partial charge in [-0.05, 0) is 93.7 Å². The molecule has 3 N–H and O–H groups in total. The highest BCUT2D eigenvalue weighted by Crippen LogP contribution is 2.78. The molecule has 4 saturated carbocycles. The van der Waals surface area contributed by atoms with Gasteiger partial charge in [0.1, 0.15) is 17.7 Å². The number of aliphatic carboxylic acids is 1. The number of benzene rings is 1. The lowest BCUT2D eigenvalue weighted by Crippen LogP contribution is -2.83. The number of carboxylic acid groups (broad SMARTS) is 1. The summed E-state index contributed by atoms with van der Waals surface area (Å²) in [6.45, 7) is 14.0. The minimum atomic E-state index is -1.08. The maximum absolute atomic E-state index is 13.3. The van der Waals surface area contributed by atoms with Gasteiger partial charge in [0.15, 0.2) is 11.5 Å². The minimum Gasteiger partial charge on any atom is -0.482 e. The summed E-state index contributed by atoms with van der Waals surface area (Å²) in [7, 11) is 1.79.